The Hall–Kier alpha value is -1.09. The summed E-state index contributed by atoms with van der Waals surface area (Å²) < 4.78 is 33.6. The Bertz CT molecular complexity index is 700. The average molecular weight is 380 g/mol. The van der Waals surface area contributed by atoms with Crippen LogP contribution in [-0.4, -0.2) is 49.0 Å². The lowest BCUT2D eigenvalue weighted by Crippen LogP contribution is -2.53. The molecule has 1 aromatic rings. The molecule has 0 aromatic carbocycles. The Balaban J connectivity index is 0.00000288. The Morgan fingerprint density at radius 1 is 1.46 bits per heavy atom. The van der Waals surface area contributed by atoms with Crippen LogP contribution in [-0.2, 0) is 21.8 Å². The van der Waals surface area contributed by atoms with Crippen molar-refractivity contribution in [3.05, 3.63) is 18.0 Å². The number of piperidine rings is 1. The topological polar surface area (TPSA) is 94.6 Å². The van der Waals surface area contributed by atoms with E-state index in [1.54, 1.807) is 14.0 Å². The molecule has 1 atom stereocenters. The minimum atomic E-state index is -3.66. The van der Waals surface area contributed by atoms with E-state index in [1.807, 2.05) is 13.8 Å². The van der Waals surface area contributed by atoms with Crippen LogP contribution < -0.4 is 5.73 Å². The number of aromatic nitrogens is 1. The molecule has 1 aliphatic heterocycles. The Morgan fingerprint density at radius 2 is 2.08 bits per heavy atom. The van der Waals surface area contributed by atoms with Crippen molar-refractivity contribution in [1.82, 2.24) is 8.87 Å². The van der Waals surface area contributed by atoms with E-state index in [2.05, 4.69) is 0 Å². The number of rotatable bonds is 4. The van der Waals surface area contributed by atoms with Gasteiger partial charge in [-0.2, -0.15) is 4.31 Å². The molecule has 0 saturated carbocycles. The maximum absolute atomic E-state index is 12.8. The van der Waals surface area contributed by atoms with Crippen LogP contribution in [0, 0.1) is 5.41 Å². The predicted molar refractivity (Wildman–Crippen MR) is 93.7 cm³/mol. The molecule has 1 aliphatic rings. The molecule has 1 aromatic heterocycles. The molecule has 7 nitrogen and oxygen atoms in total. The Morgan fingerprint density at radius 3 is 2.62 bits per heavy atom. The lowest BCUT2D eigenvalue weighted by atomic mass is 9.81. The molecule has 2 rings (SSSR count). The second kappa shape index (κ2) is 7.43. The lowest BCUT2D eigenvalue weighted by molar-refractivity contribution is 0.0515. The van der Waals surface area contributed by atoms with E-state index >= 15 is 0 Å². The molecule has 0 aliphatic carbocycles. The average Bonchev–Trinajstić information content (AvgIpc) is 2.84. The summed E-state index contributed by atoms with van der Waals surface area (Å²) in [6.45, 7) is 6.63. The lowest BCUT2D eigenvalue weighted by Gasteiger charge is -2.41. The van der Waals surface area contributed by atoms with Crippen LogP contribution in [0.15, 0.2) is 17.2 Å². The summed E-state index contributed by atoms with van der Waals surface area (Å²) in [5.74, 6) is -0.530. The first kappa shape index (κ1) is 21.0. The number of nitrogens with two attached hydrogens (primary N) is 1. The van der Waals surface area contributed by atoms with Crippen molar-refractivity contribution in [2.75, 3.05) is 19.7 Å². The number of halogens is 1. The van der Waals surface area contributed by atoms with Crippen LogP contribution in [0.2, 0.25) is 0 Å². The zero-order valence-corrected chi connectivity index (χ0v) is 16.1. The van der Waals surface area contributed by atoms with Gasteiger partial charge < -0.3 is 15.0 Å². The van der Waals surface area contributed by atoms with Gasteiger partial charge in [0.15, 0.2) is 0 Å². The first-order valence-electron chi connectivity index (χ1n) is 7.69. The molecule has 2 heterocycles. The normalized spacial score (nSPS) is 21.1. The van der Waals surface area contributed by atoms with Crippen molar-refractivity contribution in [1.29, 1.82) is 0 Å². The summed E-state index contributed by atoms with van der Waals surface area (Å²) in [6.07, 6.45) is 2.06. The van der Waals surface area contributed by atoms with Crippen LogP contribution in [0.5, 0.6) is 0 Å². The van der Waals surface area contributed by atoms with Crippen LogP contribution in [0.1, 0.15) is 37.7 Å². The smallest absolute Gasteiger partial charge is 0.354 e. The van der Waals surface area contributed by atoms with Crippen molar-refractivity contribution in [3.63, 3.8) is 0 Å². The molecule has 0 radical (unpaired) electrons. The summed E-state index contributed by atoms with van der Waals surface area (Å²) in [7, 11) is -2.03. The number of nitrogens with zero attached hydrogens (tertiary/aromatic N) is 2. The van der Waals surface area contributed by atoms with Crippen molar-refractivity contribution >= 4 is 28.4 Å². The second-order valence-corrected chi connectivity index (χ2v) is 8.55. The number of aryl methyl sites for hydroxylation is 1. The quantitative estimate of drug-likeness (QED) is 0.797. The van der Waals surface area contributed by atoms with Gasteiger partial charge in [-0.25, -0.2) is 13.2 Å². The molecule has 24 heavy (non-hydrogen) atoms. The van der Waals surface area contributed by atoms with Gasteiger partial charge in [0.2, 0.25) is 10.0 Å². The summed E-state index contributed by atoms with van der Waals surface area (Å²) in [5, 5.41) is 0. The van der Waals surface area contributed by atoms with Gasteiger partial charge in [-0.05, 0) is 24.8 Å². The van der Waals surface area contributed by atoms with Gasteiger partial charge in [-0.15, -0.1) is 12.4 Å². The third kappa shape index (κ3) is 3.93. The Kier molecular flexibility index (Phi) is 6.49. The third-order valence-electron chi connectivity index (χ3n) is 4.38. The highest BCUT2D eigenvalue weighted by molar-refractivity contribution is 7.89. The number of carbonyl (C=O) groups is 1. The van der Waals surface area contributed by atoms with E-state index in [0.29, 0.717) is 19.5 Å². The van der Waals surface area contributed by atoms with Crippen molar-refractivity contribution < 1.29 is 17.9 Å². The highest BCUT2D eigenvalue weighted by Crippen LogP contribution is 2.31. The van der Waals surface area contributed by atoms with Gasteiger partial charge in [0.25, 0.3) is 0 Å². The molecule has 0 bridgehead atoms. The van der Waals surface area contributed by atoms with E-state index in [-0.39, 0.29) is 41.1 Å². The molecule has 0 amide bonds. The number of hydrogen-bond acceptors (Lipinski definition) is 5. The Labute approximate surface area is 149 Å². The monoisotopic (exact) mass is 379 g/mol. The zero-order valence-electron chi connectivity index (χ0n) is 14.5. The summed E-state index contributed by atoms with van der Waals surface area (Å²) in [4.78, 5) is 12.0. The fourth-order valence-corrected chi connectivity index (χ4v) is 4.46. The summed E-state index contributed by atoms with van der Waals surface area (Å²) >= 11 is 0. The van der Waals surface area contributed by atoms with E-state index in [1.165, 1.54) is 21.1 Å². The van der Waals surface area contributed by atoms with Crippen molar-refractivity contribution in [2.24, 2.45) is 18.2 Å². The maximum Gasteiger partial charge on any atom is 0.354 e. The van der Waals surface area contributed by atoms with Crippen LogP contribution in [0.4, 0.5) is 0 Å². The van der Waals surface area contributed by atoms with Gasteiger partial charge >= 0.3 is 5.97 Å². The maximum atomic E-state index is 12.8. The minimum absolute atomic E-state index is 0. The highest BCUT2D eigenvalue weighted by Gasteiger charge is 2.39. The van der Waals surface area contributed by atoms with Gasteiger partial charge in [0.05, 0.1) is 6.61 Å². The van der Waals surface area contributed by atoms with Crippen molar-refractivity contribution in [2.45, 2.75) is 38.1 Å². The molecular weight excluding hydrogens is 354 g/mol. The second-order valence-electron chi connectivity index (χ2n) is 6.61. The molecule has 0 spiro atoms. The summed E-state index contributed by atoms with van der Waals surface area (Å²) in [5.41, 5.74) is 6.00. The fraction of sp³-hybridized carbons (Fsp3) is 0.667. The summed E-state index contributed by atoms with van der Waals surface area (Å²) in [6, 6.07) is 1.34. The molecule has 138 valence electrons. The first-order valence-corrected chi connectivity index (χ1v) is 9.13. The first-order chi connectivity index (χ1) is 10.6. The standard InChI is InChI=1S/C15H25N3O4S.ClH/c1-5-22-14(19)12-8-11(9-17(12)4)23(20,21)18-7-6-13(16)15(2,3)10-18;/h8-9,13H,5-7,10,16H2,1-4H3;1H. The van der Waals surface area contributed by atoms with Gasteiger partial charge in [0, 0.05) is 32.4 Å². The van der Waals surface area contributed by atoms with Crippen LogP contribution in [0.3, 0.4) is 0 Å². The molecule has 9 heteroatoms. The zero-order chi connectivity index (χ0) is 17.4. The highest BCUT2D eigenvalue weighted by atomic mass is 35.5. The molecule has 1 fully saturated rings. The molecule has 1 saturated heterocycles. The van der Waals surface area contributed by atoms with E-state index in [0.717, 1.165) is 0 Å². The fourth-order valence-electron chi connectivity index (χ4n) is 2.76. The van der Waals surface area contributed by atoms with Gasteiger partial charge in [0.1, 0.15) is 10.6 Å². The number of esters is 1. The third-order valence-corrected chi connectivity index (χ3v) is 6.19. The number of ether oxygens (including phenoxy) is 1. The van der Waals surface area contributed by atoms with E-state index in [9.17, 15) is 13.2 Å². The SMILES string of the molecule is CCOC(=O)c1cc(S(=O)(=O)N2CCC(N)C(C)(C)C2)cn1C.Cl. The molecule has 1 unspecified atom stereocenters. The van der Waals surface area contributed by atoms with Crippen LogP contribution in [0.25, 0.3) is 0 Å². The minimum Gasteiger partial charge on any atom is -0.461 e. The van der Waals surface area contributed by atoms with Crippen molar-refractivity contribution in [3.8, 4) is 0 Å². The predicted octanol–water partition coefficient (Wildman–Crippen LogP) is 1.37. The van der Waals surface area contributed by atoms with E-state index in [4.69, 9.17) is 10.5 Å². The number of sulfonamides is 1. The van der Waals surface area contributed by atoms with Crippen LogP contribution >= 0.6 is 12.4 Å². The largest absolute Gasteiger partial charge is 0.461 e. The number of carbonyl (C=O) groups excluding carboxylic acids is 1. The van der Waals surface area contributed by atoms with E-state index < -0.39 is 16.0 Å². The van der Waals surface area contributed by atoms with Gasteiger partial charge in [-0.3, -0.25) is 0 Å². The molecule has 2 N–H and O–H groups in total. The number of hydrogen-bond donors (Lipinski definition) is 1. The van der Waals surface area contributed by atoms with Gasteiger partial charge in [-0.1, -0.05) is 13.8 Å². The molecular formula is C15H26ClN3O4S.